The highest BCUT2D eigenvalue weighted by Gasteiger charge is 2.20. The summed E-state index contributed by atoms with van der Waals surface area (Å²) in [7, 11) is 0. The van der Waals surface area contributed by atoms with E-state index in [0.29, 0.717) is 32.6 Å². The summed E-state index contributed by atoms with van der Waals surface area (Å²) in [5.41, 5.74) is 0. The van der Waals surface area contributed by atoms with Gasteiger partial charge in [0, 0.05) is 12.8 Å². The van der Waals surface area contributed by atoms with Crippen molar-refractivity contribution in [2.45, 2.75) is 12.8 Å². The van der Waals surface area contributed by atoms with Gasteiger partial charge in [-0.2, -0.15) is 0 Å². The number of rotatable bonds is 4. The number of hydroxylamine groups is 3. The van der Waals surface area contributed by atoms with Crippen LogP contribution in [0.15, 0.2) is 0 Å². The maximum absolute atomic E-state index is 11.5. The Kier molecular flexibility index (Phi) is 2.99. The van der Waals surface area contributed by atoms with Crippen molar-refractivity contribution >= 4 is 6.29 Å². The summed E-state index contributed by atoms with van der Waals surface area (Å²) in [6, 6.07) is 0. The molecule has 0 bridgehead atoms. The van der Waals surface area contributed by atoms with Gasteiger partial charge in [0.15, 0.2) is 0 Å². The summed E-state index contributed by atoms with van der Waals surface area (Å²) < 4.78 is -0.159. The van der Waals surface area contributed by atoms with Crippen LogP contribution in [0.25, 0.3) is 0 Å². The van der Waals surface area contributed by atoms with Crippen molar-refractivity contribution in [2.24, 2.45) is 0 Å². The van der Waals surface area contributed by atoms with Crippen molar-refractivity contribution in [1.29, 1.82) is 0 Å². The SMILES string of the molecule is O=CCCC[N+]1([O-])CCNC1. The molecule has 64 valence electrons. The van der Waals surface area contributed by atoms with Crippen LogP contribution < -0.4 is 5.32 Å². The highest BCUT2D eigenvalue weighted by molar-refractivity contribution is 5.48. The standard InChI is InChI=1S/C7H14N2O2/c10-6-2-1-4-9(11)5-3-8-7-9/h6,8H,1-5,7H2. The Balaban J connectivity index is 2.17. The van der Waals surface area contributed by atoms with Gasteiger partial charge in [-0.25, -0.2) is 0 Å². The van der Waals surface area contributed by atoms with Gasteiger partial charge in [-0.3, -0.25) is 5.32 Å². The Labute approximate surface area is 66.4 Å². The van der Waals surface area contributed by atoms with Gasteiger partial charge in [-0.1, -0.05) is 0 Å². The van der Waals surface area contributed by atoms with Crippen LogP contribution in [0, 0.1) is 5.21 Å². The third-order valence-corrected chi connectivity index (χ3v) is 1.98. The lowest BCUT2D eigenvalue weighted by Gasteiger charge is -2.37. The zero-order valence-electron chi connectivity index (χ0n) is 6.58. The van der Waals surface area contributed by atoms with E-state index >= 15 is 0 Å². The van der Waals surface area contributed by atoms with E-state index in [2.05, 4.69) is 5.32 Å². The molecule has 1 rings (SSSR count). The third-order valence-electron chi connectivity index (χ3n) is 1.98. The molecule has 1 atom stereocenters. The van der Waals surface area contributed by atoms with Crippen molar-refractivity contribution in [2.75, 3.05) is 26.3 Å². The van der Waals surface area contributed by atoms with Crippen LogP contribution in [0.2, 0.25) is 0 Å². The van der Waals surface area contributed by atoms with Crippen LogP contribution in [0.5, 0.6) is 0 Å². The Bertz CT molecular complexity index is 132. The van der Waals surface area contributed by atoms with Gasteiger partial charge in [0.05, 0.1) is 19.6 Å². The summed E-state index contributed by atoms with van der Waals surface area (Å²) in [5, 5.41) is 14.5. The minimum atomic E-state index is -0.159. The molecule has 0 amide bonds. The van der Waals surface area contributed by atoms with Crippen molar-refractivity contribution in [3.63, 3.8) is 0 Å². The number of hydrogen-bond acceptors (Lipinski definition) is 3. The van der Waals surface area contributed by atoms with Crippen molar-refractivity contribution in [1.82, 2.24) is 5.32 Å². The second-order valence-corrected chi connectivity index (χ2v) is 2.97. The number of carbonyl (C=O) groups is 1. The van der Waals surface area contributed by atoms with Crippen LogP contribution >= 0.6 is 0 Å². The molecule has 1 aliphatic rings. The molecule has 0 aromatic rings. The van der Waals surface area contributed by atoms with E-state index in [9.17, 15) is 10.0 Å². The highest BCUT2D eigenvalue weighted by atomic mass is 16.5. The average molecular weight is 158 g/mol. The van der Waals surface area contributed by atoms with Gasteiger partial charge in [-0.05, 0) is 0 Å². The molecule has 0 saturated carbocycles. The van der Waals surface area contributed by atoms with Crippen molar-refractivity contribution < 1.29 is 9.44 Å². The zero-order chi connectivity index (χ0) is 8.16. The largest absolute Gasteiger partial charge is 0.632 e. The average Bonchev–Trinajstić information content (AvgIpc) is 2.38. The van der Waals surface area contributed by atoms with Crippen LogP contribution in [-0.2, 0) is 4.79 Å². The minimum Gasteiger partial charge on any atom is -0.632 e. The van der Waals surface area contributed by atoms with Gasteiger partial charge >= 0.3 is 0 Å². The number of aldehydes is 1. The molecule has 1 heterocycles. The summed E-state index contributed by atoms with van der Waals surface area (Å²) >= 11 is 0. The van der Waals surface area contributed by atoms with Crippen LogP contribution in [-0.4, -0.2) is 37.2 Å². The Morgan fingerprint density at radius 1 is 1.64 bits per heavy atom. The molecule has 1 saturated heterocycles. The first kappa shape index (κ1) is 8.64. The van der Waals surface area contributed by atoms with E-state index < -0.39 is 0 Å². The number of nitrogens with one attached hydrogen (secondary N) is 1. The van der Waals surface area contributed by atoms with Crippen LogP contribution in [0.1, 0.15) is 12.8 Å². The lowest BCUT2D eigenvalue weighted by Crippen LogP contribution is -2.41. The van der Waals surface area contributed by atoms with Crippen molar-refractivity contribution in [3.8, 4) is 0 Å². The molecule has 0 aliphatic carbocycles. The van der Waals surface area contributed by atoms with Crippen LogP contribution in [0.4, 0.5) is 0 Å². The Hall–Kier alpha value is -0.450. The Morgan fingerprint density at radius 3 is 3.00 bits per heavy atom. The van der Waals surface area contributed by atoms with E-state index in [1.165, 1.54) is 0 Å². The smallest absolute Gasteiger partial charge is 0.132 e. The van der Waals surface area contributed by atoms with Gasteiger partial charge in [-0.15, -0.1) is 0 Å². The number of carbonyl (C=O) groups excluding carboxylic acids is 1. The molecule has 0 radical (unpaired) electrons. The molecular weight excluding hydrogens is 144 g/mol. The number of nitrogens with zero attached hydrogens (tertiary/aromatic N) is 1. The van der Waals surface area contributed by atoms with Gasteiger partial charge in [0.1, 0.15) is 13.0 Å². The minimum absolute atomic E-state index is 0.159. The van der Waals surface area contributed by atoms with E-state index in [1.807, 2.05) is 0 Å². The summed E-state index contributed by atoms with van der Waals surface area (Å²) in [6.07, 6.45) is 2.10. The fourth-order valence-corrected chi connectivity index (χ4v) is 1.30. The molecule has 0 aromatic heterocycles. The van der Waals surface area contributed by atoms with Crippen molar-refractivity contribution in [3.05, 3.63) is 5.21 Å². The molecule has 0 spiro atoms. The van der Waals surface area contributed by atoms with Gasteiger partial charge in [0.2, 0.25) is 0 Å². The maximum Gasteiger partial charge on any atom is 0.132 e. The number of quaternary nitrogens is 1. The fraction of sp³-hybridized carbons (Fsp3) is 0.857. The number of hydrogen-bond donors (Lipinski definition) is 1. The molecule has 4 heteroatoms. The predicted octanol–water partition coefficient (Wildman–Crippen LogP) is -0.159. The topological polar surface area (TPSA) is 52.2 Å². The van der Waals surface area contributed by atoms with Gasteiger partial charge in [0.25, 0.3) is 0 Å². The molecule has 1 aliphatic heterocycles. The zero-order valence-corrected chi connectivity index (χ0v) is 6.58. The summed E-state index contributed by atoms with van der Waals surface area (Å²) in [6.45, 7) is 2.55. The fourth-order valence-electron chi connectivity index (χ4n) is 1.30. The van der Waals surface area contributed by atoms with Crippen LogP contribution in [0.3, 0.4) is 0 Å². The molecule has 4 nitrogen and oxygen atoms in total. The summed E-state index contributed by atoms with van der Waals surface area (Å²) in [4.78, 5) is 9.96. The molecule has 1 unspecified atom stereocenters. The monoisotopic (exact) mass is 158 g/mol. The molecule has 1 fully saturated rings. The summed E-state index contributed by atoms with van der Waals surface area (Å²) in [5.74, 6) is 0. The quantitative estimate of drug-likeness (QED) is 0.268. The number of unbranched alkanes of at least 4 members (excludes halogenated alkanes) is 1. The third kappa shape index (κ3) is 2.57. The van der Waals surface area contributed by atoms with E-state index in [4.69, 9.17) is 0 Å². The van der Waals surface area contributed by atoms with E-state index in [-0.39, 0.29) is 4.65 Å². The normalized spacial score (nSPS) is 30.6. The first-order chi connectivity index (χ1) is 5.27. The van der Waals surface area contributed by atoms with E-state index in [0.717, 1.165) is 12.8 Å². The molecular formula is C7H14N2O2. The first-order valence-corrected chi connectivity index (χ1v) is 3.98. The predicted molar refractivity (Wildman–Crippen MR) is 41.5 cm³/mol. The molecule has 1 N–H and O–H groups in total. The lowest BCUT2D eigenvalue weighted by atomic mass is 10.3. The lowest BCUT2D eigenvalue weighted by molar-refractivity contribution is -0.868. The second kappa shape index (κ2) is 3.80. The molecule has 0 aromatic carbocycles. The highest BCUT2D eigenvalue weighted by Crippen LogP contribution is 2.08. The van der Waals surface area contributed by atoms with E-state index in [1.54, 1.807) is 0 Å². The first-order valence-electron chi connectivity index (χ1n) is 3.98. The maximum atomic E-state index is 11.5. The second-order valence-electron chi connectivity index (χ2n) is 2.97. The Morgan fingerprint density at radius 2 is 2.45 bits per heavy atom. The molecule has 11 heavy (non-hydrogen) atoms. The van der Waals surface area contributed by atoms with Gasteiger partial charge < -0.3 is 14.6 Å².